The van der Waals surface area contributed by atoms with Gasteiger partial charge < -0.3 is 15.5 Å². The lowest BCUT2D eigenvalue weighted by Gasteiger charge is -2.11. The average Bonchev–Trinajstić information content (AvgIpc) is 2.57. The lowest BCUT2D eigenvalue weighted by molar-refractivity contribution is -0.137. The molecule has 0 fully saturated rings. The van der Waals surface area contributed by atoms with Gasteiger partial charge in [-0.25, -0.2) is 9.97 Å². The second-order valence-electron chi connectivity index (χ2n) is 6.33. The molecule has 1 aromatic heterocycles. The number of aromatic nitrogens is 2. The zero-order valence-electron chi connectivity index (χ0n) is 15.4. The number of nitrogens with zero attached hydrogens (tertiary/aromatic N) is 3. The molecule has 1 heterocycles. The van der Waals surface area contributed by atoms with E-state index in [1.807, 2.05) is 19.0 Å². The Hall–Kier alpha value is -2.68. The quantitative estimate of drug-likeness (QED) is 0.721. The molecule has 6 nitrogen and oxygen atoms in total. The lowest BCUT2D eigenvalue weighted by Crippen LogP contribution is -2.28. The van der Waals surface area contributed by atoms with Crippen molar-refractivity contribution in [1.29, 1.82) is 0 Å². The van der Waals surface area contributed by atoms with Crippen LogP contribution >= 0.6 is 0 Å². The summed E-state index contributed by atoms with van der Waals surface area (Å²) in [5.41, 5.74) is 0.418. The van der Waals surface area contributed by atoms with E-state index in [4.69, 9.17) is 0 Å². The lowest BCUT2D eigenvalue weighted by atomic mass is 10.2. The van der Waals surface area contributed by atoms with Gasteiger partial charge in [-0.1, -0.05) is 0 Å². The molecule has 0 unspecified atom stereocenters. The van der Waals surface area contributed by atoms with Crippen molar-refractivity contribution in [1.82, 2.24) is 20.2 Å². The van der Waals surface area contributed by atoms with Gasteiger partial charge in [-0.15, -0.1) is 0 Å². The van der Waals surface area contributed by atoms with Crippen LogP contribution in [0.2, 0.25) is 0 Å². The summed E-state index contributed by atoms with van der Waals surface area (Å²) in [5.74, 6) is -0.178. The van der Waals surface area contributed by atoms with Crippen LogP contribution in [0.25, 0.3) is 0 Å². The molecule has 0 aliphatic carbocycles. The van der Waals surface area contributed by atoms with Crippen molar-refractivity contribution in [2.75, 3.05) is 32.5 Å². The Bertz CT molecular complexity index is 776. The molecule has 0 aliphatic heterocycles. The van der Waals surface area contributed by atoms with E-state index in [-0.39, 0.29) is 17.5 Å². The van der Waals surface area contributed by atoms with Crippen molar-refractivity contribution in [3.63, 3.8) is 0 Å². The molecule has 0 atom stereocenters. The number of carbonyl (C=O) groups excluding carboxylic acids is 1. The molecule has 0 aliphatic rings. The minimum Gasteiger partial charge on any atom is -0.351 e. The maximum atomic E-state index is 12.6. The molecule has 2 aromatic rings. The molecule has 0 bridgehead atoms. The smallest absolute Gasteiger partial charge is 0.351 e. The van der Waals surface area contributed by atoms with Crippen LogP contribution in [0.15, 0.2) is 30.3 Å². The Labute approximate surface area is 155 Å². The van der Waals surface area contributed by atoms with E-state index in [1.165, 1.54) is 12.1 Å². The number of hydrogen-bond acceptors (Lipinski definition) is 5. The molecule has 146 valence electrons. The van der Waals surface area contributed by atoms with Crippen molar-refractivity contribution < 1.29 is 18.0 Å². The Morgan fingerprint density at radius 2 is 1.81 bits per heavy atom. The number of hydrogen-bond donors (Lipinski definition) is 2. The first-order valence-corrected chi connectivity index (χ1v) is 8.38. The first-order chi connectivity index (χ1) is 12.6. The molecule has 0 saturated heterocycles. The first kappa shape index (κ1) is 20.6. The maximum absolute atomic E-state index is 12.6. The summed E-state index contributed by atoms with van der Waals surface area (Å²) in [5, 5.41) is 5.61. The SMILES string of the molecule is Cc1cc(C(=O)NCCCN(C)C)nc(Nc2ccc(C(F)(F)F)cc2)n1. The third-order valence-corrected chi connectivity index (χ3v) is 3.62. The summed E-state index contributed by atoms with van der Waals surface area (Å²) in [6, 6.07) is 6.07. The van der Waals surface area contributed by atoms with Gasteiger partial charge in [0.2, 0.25) is 5.95 Å². The van der Waals surface area contributed by atoms with Crippen LogP contribution in [-0.4, -0.2) is 48.0 Å². The normalized spacial score (nSPS) is 11.5. The highest BCUT2D eigenvalue weighted by Gasteiger charge is 2.29. The summed E-state index contributed by atoms with van der Waals surface area (Å²) >= 11 is 0. The van der Waals surface area contributed by atoms with Crippen molar-refractivity contribution in [2.45, 2.75) is 19.5 Å². The maximum Gasteiger partial charge on any atom is 0.416 e. The Morgan fingerprint density at radius 3 is 2.41 bits per heavy atom. The highest BCUT2D eigenvalue weighted by molar-refractivity contribution is 5.92. The molecular weight excluding hydrogens is 359 g/mol. The fourth-order valence-electron chi connectivity index (χ4n) is 2.30. The monoisotopic (exact) mass is 381 g/mol. The molecule has 1 amide bonds. The minimum atomic E-state index is -4.39. The summed E-state index contributed by atoms with van der Waals surface area (Å²) in [4.78, 5) is 22.6. The van der Waals surface area contributed by atoms with Crippen LogP contribution < -0.4 is 10.6 Å². The molecule has 2 N–H and O–H groups in total. The largest absolute Gasteiger partial charge is 0.416 e. The number of carbonyl (C=O) groups is 1. The number of halogens is 3. The molecule has 0 radical (unpaired) electrons. The number of alkyl halides is 3. The minimum absolute atomic E-state index is 0.146. The summed E-state index contributed by atoms with van der Waals surface area (Å²) < 4.78 is 37.9. The van der Waals surface area contributed by atoms with Crippen molar-refractivity contribution in [2.24, 2.45) is 0 Å². The predicted molar refractivity (Wildman–Crippen MR) is 97.0 cm³/mol. The molecule has 0 saturated carbocycles. The third kappa shape index (κ3) is 6.52. The Balaban J connectivity index is 2.05. The molecule has 0 spiro atoms. The van der Waals surface area contributed by atoms with Crippen LogP contribution in [0, 0.1) is 6.92 Å². The predicted octanol–water partition coefficient (Wildman–Crippen LogP) is 3.23. The Morgan fingerprint density at radius 1 is 1.15 bits per heavy atom. The van der Waals surface area contributed by atoms with E-state index in [1.54, 1.807) is 13.0 Å². The fourth-order valence-corrected chi connectivity index (χ4v) is 2.30. The molecular formula is C18H22F3N5O. The van der Waals surface area contributed by atoms with Gasteiger partial charge in [-0.2, -0.15) is 13.2 Å². The van der Waals surface area contributed by atoms with Gasteiger partial charge in [0.25, 0.3) is 5.91 Å². The van der Waals surface area contributed by atoms with Crippen molar-refractivity contribution in [3.05, 3.63) is 47.3 Å². The average molecular weight is 381 g/mol. The van der Waals surface area contributed by atoms with E-state index in [2.05, 4.69) is 20.6 Å². The van der Waals surface area contributed by atoms with Crippen LogP contribution in [0.3, 0.4) is 0 Å². The van der Waals surface area contributed by atoms with Gasteiger partial charge in [0.05, 0.1) is 5.56 Å². The number of anilines is 2. The number of benzene rings is 1. The second kappa shape index (κ2) is 8.81. The van der Waals surface area contributed by atoms with Gasteiger partial charge >= 0.3 is 6.18 Å². The molecule has 9 heteroatoms. The number of amides is 1. The van der Waals surface area contributed by atoms with Gasteiger partial charge in [0.1, 0.15) is 5.69 Å². The zero-order chi connectivity index (χ0) is 20.0. The van der Waals surface area contributed by atoms with Gasteiger partial charge in [0, 0.05) is 17.9 Å². The van der Waals surface area contributed by atoms with Gasteiger partial charge in [-0.3, -0.25) is 4.79 Å². The molecule has 27 heavy (non-hydrogen) atoms. The first-order valence-electron chi connectivity index (χ1n) is 8.38. The van der Waals surface area contributed by atoms with Crippen LogP contribution in [0.4, 0.5) is 24.8 Å². The zero-order valence-corrected chi connectivity index (χ0v) is 15.4. The number of rotatable bonds is 7. The summed E-state index contributed by atoms with van der Waals surface area (Å²) in [6.45, 7) is 3.08. The summed E-state index contributed by atoms with van der Waals surface area (Å²) in [7, 11) is 3.91. The van der Waals surface area contributed by atoms with Gasteiger partial charge in [-0.05, 0) is 64.3 Å². The second-order valence-corrected chi connectivity index (χ2v) is 6.33. The number of nitrogens with one attached hydrogen (secondary N) is 2. The van der Waals surface area contributed by atoms with Crippen molar-refractivity contribution >= 4 is 17.5 Å². The third-order valence-electron chi connectivity index (χ3n) is 3.62. The van der Waals surface area contributed by atoms with E-state index in [0.29, 0.717) is 17.9 Å². The van der Waals surface area contributed by atoms with E-state index >= 15 is 0 Å². The Kier molecular flexibility index (Phi) is 6.73. The van der Waals surface area contributed by atoms with Gasteiger partial charge in [0.15, 0.2) is 0 Å². The van der Waals surface area contributed by atoms with E-state index < -0.39 is 11.7 Å². The van der Waals surface area contributed by atoms with Crippen LogP contribution in [-0.2, 0) is 6.18 Å². The van der Waals surface area contributed by atoms with E-state index in [0.717, 1.165) is 25.1 Å². The van der Waals surface area contributed by atoms with Crippen LogP contribution in [0.5, 0.6) is 0 Å². The highest BCUT2D eigenvalue weighted by atomic mass is 19.4. The highest BCUT2D eigenvalue weighted by Crippen LogP contribution is 2.30. The molecule has 2 rings (SSSR count). The molecule has 1 aromatic carbocycles. The number of aryl methyl sites for hydroxylation is 1. The fraction of sp³-hybridized carbons (Fsp3) is 0.389. The topological polar surface area (TPSA) is 70.2 Å². The van der Waals surface area contributed by atoms with Crippen LogP contribution in [0.1, 0.15) is 28.2 Å². The summed E-state index contributed by atoms with van der Waals surface area (Å²) in [6.07, 6.45) is -3.59. The standard InChI is InChI=1S/C18H22F3N5O/c1-12-11-15(16(27)22-9-4-10-26(2)3)25-17(23-12)24-14-7-5-13(6-8-14)18(19,20)21/h5-8,11H,4,9-10H2,1-3H3,(H,22,27)(H,23,24,25). The van der Waals surface area contributed by atoms with Crippen molar-refractivity contribution in [3.8, 4) is 0 Å². The van der Waals surface area contributed by atoms with E-state index in [9.17, 15) is 18.0 Å².